The molecule has 0 saturated heterocycles. The largest absolute Gasteiger partial charge is 0.444 e. The van der Waals surface area contributed by atoms with Gasteiger partial charge in [0, 0.05) is 12.5 Å². The Balaban J connectivity index is 2.46. The minimum Gasteiger partial charge on any atom is -0.444 e. The number of hydrogen-bond donors (Lipinski definition) is 2. The molecule has 0 unspecified atom stereocenters. The summed E-state index contributed by atoms with van der Waals surface area (Å²) in [4.78, 5) is 8.31. The Hall–Kier alpha value is -1.52. The maximum atomic E-state index is 5.66. The molecule has 16 heavy (non-hydrogen) atoms. The summed E-state index contributed by atoms with van der Waals surface area (Å²) in [6.45, 7) is 6.54. The van der Waals surface area contributed by atoms with Gasteiger partial charge in [-0.3, -0.25) is 0 Å². The van der Waals surface area contributed by atoms with Gasteiger partial charge in [-0.05, 0) is 20.3 Å². The molecule has 3 N–H and O–H groups in total. The van der Waals surface area contributed by atoms with Crippen molar-refractivity contribution < 1.29 is 4.42 Å². The van der Waals surface area contributed by atoms with Gasteiger partial charge in [-0.1, -0.05) is 6.92 Å². The average Bonchev–Trinajstić information content (AvgIpc) is 2.62. The first kappa shape index (κ1) is 12.5. The van der Waals surface area contributed by atoms with Gasteiger partial charge < -0.3 is 15.5 Å². The fourth-order valence-corrected chi connectivity index (χ4v) is 1.26. The van der Waals surface area contributed by atoms with Crippen molar-refractivity contribution in [2.75, 3.05) is 0 Å². The van der Waals surface area contributed by atoms with E-state index in [4.69, 9.17) is 10.2 Å². The Morgan fingerprint density at radius 1 is 1.62 bits per heavy atom. The first-order chi connectivity index (χ1) is 7.61. The van der Waals surface area contributed by atoms with Crippen LogP contribution in [0.15, 0.2) is 15.6 Å². The van der Waals surface area contributed by atoms with Gasteiger partial charge in [0.05, 0.1) is 6.20 Å². The molecule has 0 aliphatic rings. The molecule has 1 rings (SSSR count). The maximum absolute atomic E-state index is 5.66. The van der Waals surface area contributed by atoms with E-state index >= 15 is 0 Å². The van der Waals surface area contributed by atoms with Gasteiger partial charge in [0.15, 0.2) is 11.9 Å². The fraction of sp³-hybridized carbons (Fsp3) is 0.636. The Labute approximate surface area is 96.1 Å². The monoisotopic (exact) mass is 224 g/mol. The predicted octanol–water partition coefficient (Wildman–Crippen LogP) is 1.44. The minimum absolute atomic E-state index is 0.286. The van der Waals surface area contributed by atoms with Crippen LogP contribution in [0, 0.1) is 0 Å². The molecule has 0 fully saturated rings. The first-order valence-electron chi connectivity index (χ1n) is 5.61. The van der Waals surface area contributed by atoms with Gasteiger partial charge >= 0.3 is 0 Å². The molecule has 0 amide bonds. The molecule has 0 atom stereocenters. The van der Waals surface area contributed by atoms with Gasteiger partial charge in [-0.25, -0.2) is 9.98 Å². The van der Waals surface area contributed by atoms with E-state index in [9.17, 15) is 0 Å². The first-order valence-corrected chi connectivity index (χ1v) is 5.61. The van der Waals surface area contributed by atoms with E-state index in [0.29, 0.717) is 12.5 Å². The van der Waals surface area contributed by atoms with Crippen molar-refractivity contribution in [3.63, 3.8) is 0 Å². The number of hydrogen-bond acceptors (Lipinski definition) is 3. The Morgan fingerprint density at radius 2 is 2.38 bits per heavy atom. The molecule has 1 aromatic heterocycles. The van der Waals surface area contributed by atoms with Crippen molar-refractivity contribution in [1.82, 2.24) is 10.3 Å². The summed E-state index contributed by atoms with van der Waals surface area (Å²) in [7, 11) is 0. The number of guanidine groups is 1. The van der Waals surface area contributed by atoms with Gasteiger partial charge in [0.1, 0.15) is 12.3 Å². The number of aliphatic imine (C=N–C) groups is 1. The SMILES string of the molecule is CCCc1ncc(CN=C(N)NC(C)C)o1. The van der Waals surface area contributed by atoms with Crippen LogP contribution in [0.4, 0.5) is 0 Å². The second-order valence-electron chi connectivity index (χ2n) is 3.97. The second-order valence-corrected chi connectivity index (χ2v) is 3.97. The molecule has 0 saturated carbocycles. The molecule has 0 radical (unpaired) electrons. The Kier molecular flexibility index (Phi) is 4.82. The summed E-state index contributed by atoms with van der Waals surface area (Å²) in [5.74, 6) is 1.95. The zero-order valence-corrected chi connectivity index (χ0v) is 10.2. The van der Waals surface area contributed by atoms with Gasteiger partial charge in [-0.15, -0.1) is 0 Å². The normalized spacial score (nSPS) is 12.1. The summed E-state index contributed by atoms with van der Waals surface area (Å²) >= 11 is 0. The van der Waals surface area contributed by atoms with Gasteiger partial charge in [0.25, 0.3) is 0 Å². The molecule has 0 aromatic carbocycles. The van der Waals surface area contributed by atoms with E-state index in [0.717, 1.165) is 24.5 Å². The van der Waals surface area contributed by atoms with Crippen molar-refractivity contribution in [2.24, 2.45) is 10.7 Å². The number of nitrogens with zero attached hydrogens (tertiary/aromatic N) is 2. The quantitative estimate of drug-likeness (QED) is 0.586. The van der Waals surface area contributed by atoms with Crippen LogP contribution in [0.25, 0.3) is 0 Å². The number of nitrogens with two attached hydrogens (primary N) is 1. The highest BCUT2D eigenvalue weighted by atomic mass is 16.4. The zero-order chi connectivity index (χ0) is 12.0. The topological polar surface area (TPSA) is 76.4 Å². The van der Waals surface area contributed by atoms with Crippen LogP contribution in [0.5, 0.6) is 0 Å². The number of aromatic nitrogens is 1. The third-order valence-corrected chi connectivity index (χ3v) is 1.91. The van der Waals surface area contributed by atoms with E-state index in [1.807, 2.05) is 13.8 Å². The molecular formula is C11H20N4O. The van der Waals surface area contributed by atoms with Crippen LogP contribution >= 0.6 is 0 Å². The number of aryl methyl sites for hydroxylation is 1. The lowest BCUT2D eigenvalue weighted by Gasteiger charge is -2.07. The summed E-state index contributed by atoms with van der Waals surface area (Å²) in [5.41, 5.74) is 5.66. The van der Waals surface area contributed by atoms with Crippen molar-refractivity contribution >= 4 is 5.96 Å². The summed E-state index contributed by atoms with van der Waals surface area (Å²) in [6, 6.07) is 0.286. The predicted molar refractivity (Wildman–Crippen MR) is 64.1 cm³/mol. The molecule has 0 spiro atoms. The lowest BCUT2D eigenvalue weighted by atomic mass is 10.3. The summed E-state index contributed by atoms with van der Waals surface area (Å²) in [5, 5.41) is 3.01. The van der Waals surface area contributed by atoms with Crippen LogP contribution in [0.3, 0.4) is 0 Å². The Bertz CT molecular complexity index is 344. The van der Waals surface area contributed by atoms with Crippen LogP contribution in [0.2, 0.25) is 0 Å². The minimum atomic E-state index is 0.286. The highest BCUT2D eigenvalue weighted by Gasteiger charge is 2.02. The molecule has 5 nitrogen and oxygen atoms in total. The van der Waals surface area contributed by atoms with Crippen molar-refractivity contribution in [2.45, 2.75) is 46.2 Å². The smallest absolute Gasteiger partial charge is 0.194 e. The van der Waals surface area contributed by atoms with Crippen LogP contribution in [-0.4, -0.2) is 17.0 Å². The van der Waals surface area contributed by atoms with E-state index in [-0.39, 0.29) is 6.04 Å². The van der Waals surface area contributed by atoms with E-state index in [2.05, 4.69) is 22.2 Å². The number of nitrogens with one attached hydrogen (secondary N) is 1. The average molecular weight is 224 g/mol. The third kappa shape index (κ3) is 4.33. The zero-order valence-electron chi connectivity index (χ0n) is 10.2. The van der Waals surface area contributed by atoms with Crippen molar-refractivity contribution in [3.05, 3.63) is 17.8 Å². The molecular weight excluding hydrogens is 204 g/mol. The maximum Gasteiger partial charge on any atom is 0.194 e. The third-order valence-electron chi connectivity index (χ3n) is 1.91. The van der Waals surface area contributed by atoms with Crippen LogP contribution in [0.1, 0.15) is 38.8 Å². The lowest BCUT2D eigenvalue weighted by Crippen LogP contribution is -2.36. The number of rotatable bonds is 5. The number of oxazole rings is 1. The van der Waals surface area contributed by atoms with E-state index in [1.54, 1.807) is 6.20 Å². The van der Waals surface area contributed by atoms with Gasteiger partial charge in [0.2, 0.25) is 0 Å². The van der Waals surface area contributed by atoms with Crippen molar-refractivity contribution in [1.29, 1.82) is 0 Å². The molecule has 0 aliphatic carbocycles. The summed E-state index contributed by atoms with van der Waals surface area (Å²) in [6.07, 6.45) is 3.60. The summed E-state index contributed by atoms with van der Waals surface area (Å²) < 4.78 is 5.48. The fourth-order valence-electron chi connectivity index (χ4n) is 1.26. The lowest BCUT2D eigenvalue weighted by molar-refractivity contribution is 0.454. The van der Waals surface area contributed by atoms with E-state index in [1.165, 1.54) is 0 Å². The molecule has 5 heteroatoms. The molecule has 1 aromatic rings. The highest BCUT2D eigenvalue weighted by Crippen LogP contribution is 2.06. The molecule has 0 bridgehead atoms. The second kappa shape index (κ2) is 6.15. The molecule has 0 aliphatic heterocycles. The Morgan fingerprint density at radius 3 is 3.00 bits per heavy atom. The van der Waals surface area contributed by atoms with Crippen LogP contribution in [-0.2, 0) is 13.0 Å². The standard InChI is InChI=1S/C11H20N4O/c1-4-5-10-13-6-9(16-10)7-14-11(12)15-8(2)3/h6,8H,4-5,7H2,1-3H3,(H3,12,14,15). The molecule has 90 valence electrons. The van der Waals surface area contributed by atoms with Crippen molar-refractivity contribution in [3.8, 4) is 0 Å². The highest BCUT2D eigenvalue weighted by molar-refractivity contribution is 5.77. The van der Waals surface area contributed by atoms with Crippen LogP contribution < -0.4 is 11.1 Å². The van der Waals surface area contributed by atoms with Gasteiger partial charge in [-0.2, -0.15) is 0 Å². The van der Waals surface area contributed by atoms with E-state index < -0.39 is 0 Å². The molecule has 1 heterocycles.